The first-order chi connectivity index (χ1) is 4.19. The molecule has 0 aromatic rings. The van der Waals surface area contributed by atoms with Gasteiger partial charge in [-0.3, -0.25) is 0 Å². The van der Waals surface area contributed by atoms with Crippen LogP contribution in [0, 0.1) is 5.41 Å². The van der Waals surface area contributed by atoms with Crippen molar-refractivity contribution in [2.75, 3.05) is 7.11 Å². The highest BCUT2D eigenvalue weighted by Gasteiger charge is 2.40. The summed E-state index contributed by atoms with van der Waals surface area (Å²) in [6, 6.07) is 0. The Balaban J connectivity index is 2.51. The van der Waals surface area contributed by atoms with Crippen molar-refractivity contribution in [3.05, 3.63) is 0 Å². The van der Waals surface area contributed by atoms with Gasteiger partial charge in [0.15, 0.2) is 0 Å². The second-order valence-corrected chi connectivity index (χ2v) is 2.92. The maximum Gasteiger partial charge on any atom is 0.106 e. The Morgan fingerprint density at radius 1 is 1.56 bits per heavy atom. The van der Waals surface area contributed by atoms with Gasteiger partial charge in [-0.15, -0.1) is 0 Å². The SMILES string of the molecule is CON=C(C)C1(C)CC1. The molecule has 1 fully saturated rings. The average Bonchev–Trinajstić information content (AvgIpc) is 2.50. The van der Waals surface area contributed by atoms with Gasteiger partial charge in [-0.1, -0.05) is 12.1 Å². The lowest BCUT2D eigenvalue weighted by molar-refractivity contribution is 0.210. The van der Waals surface area contributed by atoms with Crippen molar-refractivity contribution in [3.8, 4) is 0 Å². The van der Waals surface area contributed by atoms with Gasteiger partial charge in [0, 0.05) is 5.41 Å². The molecule has 2 heteroatoms. The molecule has 0 amide bonds. The molecule has 0 unspecified atom stereocenters. The van der Waals surface area contributed by atoms with Crippen LogP contribution < -0.4 is 0 Å². The molecule has 9 heavy (non-hydrogen) atoms. The Morgan fingerprint density at radius 2 is 2.11 bits per heavy atom. The van der Waals surface area contributed by atoms with Crippen LogP contribution in [0.1, 0.15) is 26.7 Å². The first kappa shape index (κ1) is 6.59. The molecular weight excluding hydrogens is 114 g/mol. The summed E-state index contributed by atoms with van der Waals surface area (Å²) in [6.45, 7) is 4.24. The van der Waals surface area contributed by atoms with Crippen molar-refractivity contribution in [3.63, 3.8) is 0 Å². The van der Waals surface area contributed by atoms with Gasteiger partial charge in [0.1, 0.15) is 7.11 Å². The number of oxime groups is 1. The third-order valence-corrected chi connectivity index (χ3v) is 2.10. The fourth-order valence-corrected chi connectivity index (χ4v) is 0.796. The third-order valence-electron chi connectivity index (χ3n) is 2.10. The predicted molar refractivity (Wildman–Crippen MR) is 37.5 cm³/mol. The summed E-state index contributed by atoms with van der Waals surface area (Å²) in [6.07, 6.45) is 2.54. The van der Waals surface area contributed by atoms with Gasteiger partial charge >= 0.3 is 0 Å². The van der Waals surface area contributed by atoms with E-state index >= 15 is 0 Å². The molecule has 0 N–H and O–H groups in total. The van der Waals surface area contributed by atoms with Crippen molar-refractivity contribution in [1.29, 1.82) is 0 Å². The summed E-state index contributed by atoms with van der Waals surface area (Å²) in [5, 5.41) is 3.88. The van der Waals surface area contributed by atoms with E-state index in [4.69, 9.17) is 0 Å². The minimum absolute atomic E-state index is 0.385. The smallest absolute Gasteiger partial charge is 0.106 e. The monoisotopic (exact) mass is 127 g/mol. The highest BCUT2D eigenvalue weighted by Crippen LogP contribution is 2.46. The number of nitrogens with zero attached hydrogens (tertiary/aromatic N) is 1. The zero-order valence-electron chi connectivity index (χ0n) is 6.27. The van der Waals surface area contributed by atoms with E-state index in [2.05, 4.69) is 16.9 Å². The number of hydrogen-bond donors (Lipinski definition) is 0. The van der Waals surface area contributed by atoms with Gasteiger partial charge < -0.3 is 4.84 Å². The molecule has 52 valence electrons. The lowest BCUT2D eigenvalue weighted by atomic mass is 10.1. The maximum absolute atomic E-state index is 4.66. The highest BCUT2D eigenvalue weighted by molar-refractivity contribution is 5.89. The summed E-state index contributed by atoms with van der Waals surface area (Å²) < 4.78 is 0. The molecule has 0 saturated heterocycles. The van der Waals surface area contributed by atoms with Gasteiger partial charge in [-0.05, 0) is 19.8 Å². The molecule has 1 aliphatic carbocycles. The van der Waals surface area contributed by atoms with E-state index in [0.29, 0.717) is 5.41 Å². The maximum atomic E-state index is 4.66. The van der Waals surface area contributed by atoms with Crippen LogP contribution in [0.5, 0.6) is 0 Å². The fraction of sp³-hybridized carbons (Fsp3) is 0.857. The normalized spacial score (nSPS) is 23.7. The zero-order chi connectivity index (χ0) is 6.91. The van der Waals surface area contributed by atoms with Crippen molar-refractivity contribution in [2.45, 2.75) is 26.7 Å². The molecule has 0 aliphatic heterocycles. The van der Waals surface area contributed by atoms with Gasteiger partial charge in [0.2, 0.25) is 0 Å². The van der Waals surface area contributed by atoms with E-state index in [0.717, 1.165) is 5.71 Å². The standard InChI is InChI=1S/C7H13NO/c1-6(8-9-3)7(2)4-5-7/h4-5H2,1-3H3. The summed E-state index contributed by atoms with van der Waals surface area (Å²) >= 11 is 0. The molecule has 0 radical (unpaired) electrons. The van der Waals surface area contributed by atoms with Gasteiger partial charge in [-0.2, -0.15) is 0 Å². The quantitative estimate of drug-likeness (QED) is 0.409. The Kier molecular flexibility index (Phi) is 1.47. The molecular formula is C7H13NO. The lowest BCUT2D eigenvalue weighted by Crippen LogP contribution is -2.06. The Labute approximate surface area is 55.9 Å². The summed E-state index contributed by atoms with van der Waals surface area (Å²) in [5.74, 6) is 0. The first-order valence-corrected chi connectivity index (χ1v) is 3.27. The predicted octanol–water partition coefficient (Wildman–Crippen LogP) is 1.81. The topological polar surface area (TPSA) is 21.6 Å². The molecule has 0 heterocycles. The van der Waals surface area contributed by atoms with Crippen molar-refractivity contribution >= 4 is 5.71 Å². The summed E-state index contributed by atoms with van der Waals surface area (Å²) in [5.41, 5.74) is 1.51. The molecule has 1 aliphatic rings. The highest BCUT2D eigenvalue weighted by atomic mass is 16.6. The van der Waals surface area contributed by atoms with Crippen LogP contribution in [0.25, 0.3) is 0 Å². The van der Waals surface area contributed by atoms with E-state index in [-0.39, 0.29) is 0 Å². The van der Waals surface area contributed by atoms with E-state index in [1.807, 2.05) is 6.92 Å². The Bertz CT molecular complexity index is 136. The second-order valence-electron chi connectivity index (χ2n) is 2.92. The van der Waals surface area contributed by atoms with Crippen LogP contribution in [0.3, 0.4) is 0 Å². The van der Waals surface area contributed by atoms with Crippen LogP contribution in [-0.2, 0) is 4.84 Å². The largest absolute Gasteiger partial charge is 0.399 e. The van der Waals surface area contributed by atoms with Crippen LogP contribution in [0.2, 0.25) is 0 Å². The Hall–Kier alpha value is -0.530. The molecule has 1 saturated carbocycles. The van der Waals surface area contributed by atoms with E-state index in [1.54, 1.807) is 7.11 Å². The van der Waals surface area contributed by atoms with Crippen LogP contribution in [0.15, 0.2) is 5.16 Å². The van der Waals surface area contributed by atoms with Crippen LogP contribution >= 0.6 is 0 Å². The van der Waals surface area contributed by atoms with Crippen LogP contribution in [0.4, 0.5) is 0 Å². The first-order valence-electron chi connectivity index (χ1n) is 3.27. The minimum Gasteiger partial charge on any atom is -0.399 e. The molecule has 0 spiro atoms. The molecule has 0 aromatic carbocycles. The van der Waals surface area contributed by atoms with Crippen molar-refractivity contribution in [1.82, 2.24) is 0 Å². The summed E-state index contributed by atoms with van der Waals surface area (Å²) in [7, 11) is 1.59. The molecule has 0 atom stereocenters. The van der Waals surface area contributed by atoms with Gasteiger partial charge in [-0.25, -0.2) is 0 Å². The van der Waals surface area contributed by atoms with E-state index in [9.17, 15) is 0 Å². The van der Waals surface area contributed by atoms with Gasteiger partial charge in [0.05, 0.1) is 5.71 Å². The summed E-state index contributed by atoms with van der Waals surface area (Å²) in [4.78, 5) is 4.66. The molecule has 0 aromatic heterocycles. The molecule has 1 rings (SSSR count). The Morgan fingerprint density at radius 3 is 2.44 bits per heavy atom. The van der Waals surface area contributed by atoms with Crippen molar-refractivity contribution in [2.24, 2.45) is 10.6 Å². The number of hydrogen-bond acceptors (Lipinski definition) is 2. The average molecular weight is 127 g/mol. The minimum atomic E-state index is 0.385. The molecule has 2 nitrogen and oxygen atoms in total. The van der Waals surface area contributed by atoms with E-state index < -0.39 is 0 Å². The van der Waals surface area contributed by atoms with Crippen LogP contribution in [-0.4, -0.2) is 12.8 Å². The van der Waals surface area contributed by atoms with Crippen molar-refractivity contribution < 1.29 is 4.84 Å². The molecule has 0 bridgehead atoms. The second kappa shape index (κ2) is 2.01. The van der Waals surface area contributed by atoms with E-state index in [1.165, 1.54) is 12.8 Å². The lowest BCUT2D eigenvalue weighted by Gasteiger charge is -2.04. The fourth-order valence-electron chi connectivity index (χ4n) is 0.796. The zero-order valence-corrected chi connectivity index (χ0v) is 6.27. The van der Waals surface area contributed by atoms with Gasteiger partial charge in [0.25, 0.3) is 0 Å². The number of rotatable bonds is 2. The third kappa shape index (κ3) is 1.23.